The van der Waals surface area contributed by atoms with Gasteiger partial charge in [0, 0.05) is 24.3 Å². The second-order valence-electron chi connectivity index (χ2n) is 5.32. The second-order valence-corrected chi connectivity index (χ2v) is 5.73. The van der Waals surface area contributed by atoms with Gasteiger partial charge in [-0.25, -0.2) is 9.97 Å². The topological polar surface area (TPSA) is 67.1 Å². The first-order valence-corrected chi connectivity index (χ1v) is 7.75. The van der Waals surface area contributed by atoms with Crippen LogP contribution in [0.3, 0.4) is 0 Å². The SMILES string of the molecule is CCCCN(C)c1ncnc(Nc2ccc(C)c(Cl)c2)c1N. The van der Waals surface area contributed by atoms with Gasteiger partial charge < -0.3 is 16.0 Å². The van der Waals surface area contributed by atoms with Crippen LogP contribution in [-0.4, -0.2) is 23.6 Å². The van der Waals surface area contributed by atoms with Crippen molar-refractivity contribution in [1.29, 1.82) is 0 Å². The molecule has 0 aliphatic carbocycles. The lowest BCUT2D eigenvalue weighted by molar-refractivity contribution is 0.759. The molecule has 22 heavy (non-hydrogen) atoms. The van der Waals surface area contributed by atoms with E-state index in [1.54, 1.807) is 0 Å². The Balaban J connectivity index is 2.22. The molecule has 118 valence electrons. The molecule has 0 spiro atoms. The maximum Gasteiger partial charge on any atom is 0.159 e. The molecule has 1 aromatic carbocycles. The van der Waals surface area contributed by atoms with Gasteiger partial charge in [0.05, 0.1) is 0 Å². The van der Waals surface area contributed by atoms with Gasteiger partial charge in [-0.2, -0.15) is 0 Å². The Morgan fingerprint density at radius 3 is 2.77 bits per heavy atom. The molecule has 2 aromatic rings. The number of nitrogens with zero attached hydrogens (tertiary/aromatic N) is 3. The highest BCUT2D eigenvalue weighted by molar-refractivity contribution is 6.31. The van der Waals surface area contributed by atoms with Gasteiger partial charge in [-0.05, 0) is 31.0 Å². The van der Waals surface area contributed by atoms with E-state index in [4.69, 9.17) is 17.3 Å². The number of aromatic nitrogens is 2. The Morgan fingerprint density at radius 1 is 1.32 bits per heavy atom. The number of unbranched alkanes of at least 4 members (excludes halogenated alkanes) is 1. The van der Waals surface area contributed by atoms with E-state index in [-0.39, 0.29) is 0 Å². The largest absolute Gasteiger partial charge is 0.393 e. The van der Waals surface area contributed by atoms with Crippen LogP contribution < -0.4 is 16.0 Å². The zero-order chi connectivity index (χ0) is 16.1. The number of anilines is 4. The molecule has 0 amide bonds. The third kappa shape index (κ3) is 3.80. The molecule has 2 rings (SSSR count). The monoisotopic (exact) mass is 319 g/mol. The summed E-state index contributed by atoms with van der Waals surface area (Å²) in [6.45, 7) is 5.03. The van der Waals surface area contributed by atoms with Crippen molar-refractivity contribution in [3.63, 3.8) is 0 Å². The van der Waals surface area contributed by atoms with E-state index in [1.165, 1.54) is 6.33 Å². The predicted molar refractivity (Wildman–Crippen MR) is 94.1 cm³/mol. The highest BCUT2D eigenvalue weighted by Gasteiger charge is 2.12. The molecule has 0 radical (unpaired) electrons. The van der Waals surface area contributed by atoms with Gasteiger partial charge in [0.15, 0.2) is 11.6 Å². The highest BCUT2D eigenvalue weighted by Crippen LogP contribution is 2.29. The third-order valence-corrected chi connectivity index (χ3v) is 3.91. The Labute approximate surface area is 136 Å². The van der Waals surface area contributed by atoms with Crippen LogP contribution in [0, 0.1) is 6.92 Å². The molecule has 1 heterocycles. The standard InChI is InChI=1S/C16H22ClN5/c1-4-5-8-22(3)16-14(18)15(19-10-20-16)21-12-7-6-11(2)13(17)9-12/h6-7,9-10H,4-5,8,18H2,1-3H3,(H,19,20,21). The number of halogens is 1. The summed E-state index contributed by atoms with van der Waals surface area (Å²) in [4.78, 5) is 10.6. The first-order chi connectivity index (χ1) is 10.5. The molecule has 0 saturated heterocycles. The van der Waals surface area contributed by atoms with Crippen molar-refractivity contribution >= 4 is 34.6 Å². The average molecular weight is 320 g/mol. The Hall–Kier alpha value is -2.01. The Bertz CT molecular complexity index is 644. The number of nitrogens with one attached hydrogen (secondary N) is 1. The second kappa shape index (κ2) is 7.31. The molecule has 0 aliphatic rings. The Morgan fingerprint density at radius 2 is 2.09 bits per heavy atom. The van der Waals surface area contributed by atoms with E-state index >= 15 is 0 Å². The smallest absolute Gasteiger partial charge is 0.159 e. The fourth-order valence-electron chi connectivity index (χ4n) is 2.10. The molecule has 6 heteroatoms. The number of rotatable bonds is 6. The number of benzene rings is 1. The molecule has 5 nitrogen and oxygen atoms in total. The first-order valence-electron chi connectivity index (χ1n) is 7.37. The van der Waals surface area contributed by atoms with E-state index in [0.717, 1.165) is 36.5 Å². The summed E-state index contributed by atoms with van der Waals surface area (Å²) in [5.74, 6) is 1.33. The molecule has 3 N–H and O–H groups in total. The van der Waals surface area contributed by atoms with Crippen LogP contribution in [0.15, 0.2) is 24.5 Å². The molecule has 0 unspecified atom stereocenters. The van der Waals surface area contributed by atoms with E-state index in [2.05, 4.69) is 22.2 Å². The zero-order valence-electron chi connectivity index (χ0n) is 13.2. The van der Waals surface area contributed by atoms with Gasteiger partial charge >= 0.3 is 0 Å². The van der Waals surface area contributed by atoms with Crippen LogP contribution in [-0.2, 0) is 0 Å². The van der Waals surface area contributed by atoms with Crippen LogP contribution in [0.4, 0.5) is 23.0 Å². The minimum Gasteiger partial charge on any atom is -0.393 e. The van der Waals surface area contributed by atoms with Crippen LogP contribution in [0.5, 0.6) is 0 Å². The van der Waals surface area contributed by atoms with Crippen molar-refractivity contribution in [3.05, 3.63) is 35.1 Å². The van der Waals surface area contributed by atoms with Gasteiger partial charge in [0.2, 0.25) is 0 Å². The first kappa shape index (κ1) is 16.4. The molecule has 0 atom stereocenters. The Kier molecular flexibility index (Phi) is 5.44. The summed E-state index contributed by atoms with van der Waals surface area (Å²) in [6.07, 6.45) is 3.74. The lowest BCUT2D eigenvalue weighted by Crippen LogP contribution is -2.21. The van der Waals surface area contributed by atoms with E-state index in [0.29, 0.717) is 16.5 Å². The third-order valence-electron chi connectivity index (χ3n) is 3.51. The van der Waals surface area contributed by atoms with Crippen molar-refractivity contribution in [2.45, 2.75) is 26.7 Å². The molecular weight excluding hydrogens is 298 g/mol. The van der Waals surface area contributed by atoms with Crippen molar-refractivity contribution in [1.82, 2.24) is 9.97 Å². The number of hydrogen-bond acceptors (Lipinski definition) is 5. The number of nitrogen functional groups attached to an aromatic ring is 1. The molecule has 0 aliphatic heterocycles. The van der Waals surface area contributed by atoms with Crippen molar-refractivity contribution in [2.24, 2.45) is 0 Å². The molecule has 1 aromatic heterocycles. The summed E-state index contributed by atoms with van der Waals surface area (Å²) in [5, 5.41) is 3.91. The zero-order valence-corrected chi connectivity index (χ0v) is 14.0. The summed E-state index contributed by atoms with van der Waals surface area (Å²) >= 11 is 6.15. The maximum absolute atomic E-state index is 6.21. The van der Waals surface area contributed by atoms with E-state index < -0.39 is 0 Å². The summed E-state index contributed by atoms with van der Waals surface area (Å²) in [6, 6.07) is 5.76. The summed E-state index contributed by atoms with van der Waals surface area (Å²) in [7, 11) is 1.99. The van der Waals surface area contributed by atoms with Crippen molar-refractivity contribution in [2.75, 3.05) is 29.5 Å². The van der Waals surface area contributed by atoms with Crippen LogP contribution >= 0.6 is 11.6 Å². The van der Waals surface area contributed by atoms with Crippen LogP contribution in [0.25, 0.3) is 0 Å². The van der Waals surface area contributed by atoms with Gasteiger partial charge in [0.1, 0.15) is 12.0 Å². The molecular formula is C16H22ClN5. The van der Waals surface area contributed by atoms with Gasteiger partial charge in [-0.3, -0.25) is 0 Å². The van der Waals surface area contributed by atoms with E-state index in [9.17, 15) is 0 Å². The minimum atomic E-state index is 0.540. The fourth-order valence-corrected chi connectivity index (χ4v) is 2.28. The van der Waals surface area contributed by atoms with Crippen LogP contribution in [0.2, 0.25) is 5.02 Å². The number of aryl methyl sites for hydroxylation is 1. The number of hydrogen-bond donors (Lipinski definition) is 2. The molecule has 0 fully saturated rings. The average Bonchev–Trinajstić information content (AvgIpc) is 2.50. The number of nitrogens with two attached hydrogens (primary N) is 1. The predicted octanol–water partition coefficient (Wildman–Crippen LogP) is 4.00. The normalized spacial score (nSPS) is 10.5. The van der Waals surface area contributed by atoms with Gasteiger partial charge in [0.25, 0.3) is 0 Å². The lowest BCUT2D eigenvalue weighted by atomic mass is 10.2. The van der Waals surface area contributed by atoms with Crippen molar-refractivity contribution < 1.29 is 0 Å². The quantitative estimate of drug-likeness (QED) is 0.842. The summed E-state index contributed by atoms with van der Waals surface area (Å²) < 4.78 is 0. The highest BCUT2D eigenvalue weighted by atomic mass is 35.5. The fraction of sp³-hybridized carbons (Fsp3) is 0.375. The van der Waals surface area contributed by atoms with Crippen molar-refractivity contribution in [3.8, 4) is 0 Å². The molecule has 0 bridgehead atoms. The molecule has 0 saturated carbocycles. The lowest BCUT2D eigenvalue weighted by Gasteiger charge is -2.20. The minimum absolute atomic E-state index is 0.540. The van der Waals surface area contributed by atoms with Crippen LogP contribution in [0.1, 0.15) is 25.3 Å². The van der Waals surface area contributed by atoms with Gasteiger partial charge in [-0.15, -0.1) is 0 Å². The van der Waals surface area contributed by atoms with Gasteiger partial charge in [-0.1, -0.05) is 31.0 Å². The van der Waals surface area contributed by atoms with E-state index in [1.807, 2.05) is 37.1 Å². The summed E-state index contributed by atoms with van der Waals surface area (Å²) in [5.41, 5.74) is 8.63. The maximum atomic E-state index is 6.21.